The van der Waals surface area contributed by atoms with Gasteiger partial charge in [0, 0.05) is 0 Å². The van der Waals surface area contributed by atoms with Crippen LogP contribution in [-0.2, 0) is 5.88 Å². The number of hydrogen-bond donors (Lipinski definition) is 1. The fourth-order valence-electron chi connectivity index (χ4n) is 0.964. The van der Waals surface area contributed by atoms with E-state index in [1.165, 1.54) is 0 Å². The molecule has 1 aromatic heterocycles. The minimum atomic E-state index is -4.88. The molecule has 0 fully saturated rings. The topological polar surface area (TPSA) is 71.9 Å². The van der Waals surface area contributed by atoms with Crippen molar-refractivity contribution in [3.63, 3.8) is 0 Å². The molecule has 8 heteroatoms. The maximum atomic E-state index is 12.0. The highest BCUT2D eigenvalue weighted by Gasteiger charge is 2.33. The van der Waals surface area contributed by atoms with Gasteiger partial charge in [0.05, 0.1) is 28.9 Å². The molecule has 1 heterocycles. The van der Waals surface area contributed by atoms with Crippen molar-refractivity contribution in [2.24, 2.45) is 0 Å². The molecule has 0 aliphatic heterocycles. The fourth-order valence-corrected chi connectivity index (χ4v) is 1.22. The molecule has 0 spiro atoms. The van der Waals surface area contributed by atoms with E-state index in [2.05, 4.69) is 9.72 Å². The first-order chi connectivity index (χ1) is 7.39. The van der Waals surface area contributed by atoms with Crippen LogP contribution in [0.1, 0.15) is 11.1 Å². The number of hydrogen-bond acceptors (Lipinski definition) is 4. The standard InChI is InChI=1S/C8H5ClF3N3O/c9-1-5-6(14)4(2-13)3-15-7(5)16-8(10,11)12/h3H,1H2,(H2,14,15). The van der Waals surface area contributed by atoms with Crippen LogP contribution in [0.2, 0.25) is 0 Å². The molecule has 0 aliphatic carbocycles. The van der Waals surface area contributed by atoms with Gasteiger partial charge in [0.25, 0.3) is 0 Å². The Labute approximate surface area is 93.4 Å². The number of nitrogens with zero attached hydrogens (tertiary/aromatic N) is 2. The third-order valence-electron chi connectivity index (χ3n) is 1.65. The molecule has 16 heavy (non-hydrogen) atoms. The molecular formula is C8H5ClF3N3O. The first kappa shape index (κ1) is 12.4. The summed E-state index contributed by atoms with van der Waals surface area (Å²) < 4.78 is 39.5. The Bertz CT molecular complexity index is 441. The van der Waals surface area contributed by atoms with Gasteiger partial charge in [-0.25, -0.2) is 4.98 Å². The van der Waals surface area contributed by atoms with Crippen molar-refractivity contribution in [2.45, 2.75) is 12.2 Å². The van der Waals surface area contributed by atoms with Crippen LogP contribution in [0.5, 0.6) is 5.88 Å². The summed E-state index contributed by atoms with van der Waals surface area (Å²) in [5.41, 5.74) is 5.06. The van der Waals surface area contributed by atoms with E-state index in [1.807, 2.05) is 0 Å². The van der Waals surface area contributed by atoms with Gasteiger partial charge in [-0.2, -0.15) is 5.26 Å². The molecule has 0 aromatic carbocycles. The molecule has 0 bridgehead atoms. The molecule has 4 nitrogen and oxygen atoms in total. The maximum Gasteiger partial charge on any atom is 0.574 e. The number of nitriles is 1. The summed E-state index contributed by atoms with van der Waals surface area (Å²) in [6.45, 7) is 0. The molecule has 0 amide bonds. The predicted octanol–water partition coefficient (Wildman–Crippen LogP) is 2.17. The quantitative estimate of drug-likeness (QED) is 0.818. The Morgan fingerprint density at radius 1 is 1.56 bits per heavy atom. The van der Waals surface area contributed by atoms with Gasteiger partial charge in [-0.05, 0) is 0 Å². The van der Waals surface area contributed by atoms with Gasteiger partial charge in [-0.1, -0.05) is 0 Å². The van der Waals surface area contributed by atoms with E-state index in [0.717, 1.165) is 6.20 Å². The number of nitrogens with two attached hydrogens (primary N) is 1. The number of nitrogen functional groups attached to an aromatic ring is 1. The van der Waals surface area contributed by atoms with E-state index >= 15 is 0 Å². The zero-order chi connectivity index (χ0) is 12.3. The van der Waals surface area contributed by atoms with Gasteiger partial charge in [0.15, 0.2) is 0 Å². The van der Waals surface area contributed by atoms with Gasteiger partial charge >= 0.3 is 6.36 Å². The maximum absolute atomic E-state index is 12.0. The van der Waals surface area contributed by atoms with E-state index in [1.54, 1.807) is 6.07 Å². The molecular weight excluding hydrogens is 247 g/mol. The summed E-state index contributed by atoms with van der Waals surface area (Å²) >= 11 is 5.42. The number of pyridine rings is 1. The van der Waals surface area contributed by atoms with Crippen molar-refractivity contribution in [1.29, 1.82) is 5.26 Å². The number of halogens is 4. The lowest BCUT2D eigenvalue weighted by Gasteiger charge is -2.12. The van der Waals surface area contributed by atoms with Crippen molar-refractivity contribution >= 4 is 17.3 Å². The van der Waals surface area contributed by atoms with Crippen molar-refractivity contribution in [1.82, 2.24) is 4.98 Å². The van der Waals surface area contributed by atoms with E-state index in [9.17, 15) is 13.2 Å². The minimum Gasteiger partial charge on any atom is -0.397 e. The Morgan fingerprint density at radius 3 is 2.62 bits per heavy atom. The summed E-state index contributed by atoms with van der Waals surface area (Å²) in [7, 11) is 0. The molecule has 0 radical (unpaired) electrons. The molecule has 2 N–H and O–H groups in total. The summed E-state index contributed by atoms with van der Waals surface area (Å²) in [5.74, 6) is -1.07. The molecule has 1 rings (SSSR count). The number of anilines is 1. The van der Waals surface area contributed by atoms with Crippen LogP contribution in [0.15, 0.2) is 6.20 Å². The molecule has 0 unspecified atom stereocenters. The third-order valence-corrected chi connectivity index (χ3v) is 1.92. The Balaban J connectivity index is 3.22. The average Bonchev–Trinajstić information content (AvgIpc) is 2.16. The number of rotatable bonds is 2. The minimum absolute atomic E-state index is 0.0508. The largest absolute Gasteiger partial charge is 0.574 e. The van der Waals surface area contributed by atoms with Crippen LogP contribution < -0.4 is 10.5 Å². The number of alkyl halides is 4. The lowest BCUT2D eigenvalue weighted by molar-refractivity contribution is -0.276. The average molecular weight is 252 g/mol. The van der Waals surface area contributed by atoms with Gasteiger partial charge in [0.1, 0.15) is 6.07 Å². The van der Waals surface area contributed by atoms with E-state index in [4.69, 9.17) is 22.6 Å². The third kappa shape index (κ3) is 2.67. The Morgan fingerprint density at radius 2 is 2.19 bits per heavy atom. The summed E-state index contributed by atoms with van der Waals surface area (Å²) in [6.07, 6.45) is -3.99. The van der Waals surface area contributed by atoms with Crippen molar-refractivity contribution < 1.29 is 17.9 Å². The van der Waals surface area contributed by atoms with E-state index in [-0.39, 0.29) is 22.7 Å². The lowest BCUT2D eigenvalue weighted by Crippen LogP contribution is -2.19. The van der Waals surface area contributed by atoms with Crippen molar-refractivity contribution in [3.05, 3.63) is 17.3 Å². The molecule has 86 valence electrons. The van der Waals surface area contributed by atoms with Gasteiger partial charge in [0.2, 0.25) is 5.88 Å². The lowest BCUT2D eigenvalue weighted by atomic mass is 10.2. The number of ether oxygens (including phenoxy) is 1. The fraction of sp³-hybridized carbons (Fsp3) is 0.250. The van der Waals surface area contributed by atoms with Crippen LogP contribution >= 0.6 is 11.6 Å². The normalized spacial score (nSPS) is 10.9. The highest BCUT2D eigenvalue weighted by atomic mass is 35.5. The second kappa shape index (κ2) is 4.45. The molecule has 0 saturated carbocycles. The first-order valence-corrected chi connectivity index (χ1v) is 4.41. The Kier molecular flexibility index (Phi) is 3.44. The van der Waals surface area contributed by atoms with Crippen LogP contribution in [-0.4, -0.2) is 11.3 Å². The van der Waals surface area contributed by atoms with E-state index < -0.39 is 12.2 Å². The van der Waals surface area contributed by atoms with Gasteiger partial charge in [-0.15, -0.1) is 24.8 Å². The second-order valence-electron chi connectivity index (χ2n) is 2.66. The Hall–Kier alpha value is -1.68. The van der Waals surface area contributed by atoms with Crippen LogP contribution in [0, 0.1) is 11.3 Å². The summed E-state index contributed by atoms with van der Waals surface area (Å²) in [6, 6.07) is 1.68. The molecule has 0 aliphatic rings. The van der Waals surface area contributed by atoms with E-state index in [0.29, 0.717) is 0 Å². The predicted molar refractivity (Wildman–Crippen MR) is 49.6 cm³/mol. The van der Waals surface area contributed by atoms with Crippen LogP contribution in [0.25, 0.3) is 0 Å². The monoisotopic (exact) mass is 251 g/mol. The zero-order valence-electron chi connectivity index (χ0n) is 7.68. The first-order valence-electron chi connectivity index (χ1n) is 3.88. The zero-order valence-corrected chi connectivity index (χ0v) is 8.43. The van der Waals surface area contributed by atoms with Crippen molar-refractivity contribution in [3.8, 4) is 11.9 Å². The smallest absolute Gasteiger partial charge is 0.397 e. The van der Waals surface area contributed by atoms with Crippen LogP contribution in [0.3, 0.4) is 0 Å². The summed E-state index contributed by atoms with van der Waals surface area (Å²) in [4.78, 5) is 3.34. The van der Waals surface area contributed by atoms with Gasteiger partial charge < -0.3 is 10.5 Å². The molecule has 1 aromatic rings. The second-order valence-corrected chi connectivity index (χ2v) is 2.93. The van der Waals surface area contributed by atoms with Gasteiger partial charge in [-0.3, -0.25) is 0 Å². The van der Waals surface area contributed by atoms with Crippen molar-refractivity contribution in [2.75, 3.05) is 5.73 Å². The SMILES string of the molecule is N#Cc1cnc(OC(F)(F)F)c(CCl)c1N. The van der Waals surface area contributed by atoms with Crippen LogP contribution in [0.4, 0.5) is 18.9 Å². The summed E-state index contributed by atoms with van der Waals surface area (Å²) in [5, 5.41) is 8.59. The molecule has 0 atom stereocenters. The number of aromatic nitrogens is 1. The highest BCUT2D eigenvalue weighted by molar-refractivity contribution is 6.17. The molecule has 0 saturated heterocycles. The highest BCUT2D eigenvalue weighted by Crippen LogP contribution is 2.30.